The van der Waals surface area contributed by atoms with Crippen LogP contribution >= 0.6 is 43.2 Å². The van der Waals surface area contributed by atoms with Gasteiger partial charge in [0.15, 0.2) is 0 Å². The van der Waals surface area contributed by atoms with Crippen LogP contribution in [0.3, 0.4) is 0 Å². The van der Waals surface area contributed by atoms with Gasteiger partial charge in [0.05, 0.1) is 0 Å². The summed E-state index contributed by atoms with van der Waals surface area (Å²) in [6.45, 7) is 2.28. The Kier molecular flexibility index (Phi) is 6.00. The molecular weight excluding hydrogens is 362 g/mol. The lowest BCUT2D eigenvalue weighted by atomic mass is 9.94. The molecule has 4 heteroatoms. The minimum atomic E-state index is 0.808. The van der Waals surface area contributed by atoms with Crippen LogP contribution in [0.2, 0.25) is 0 Å². The molecule has 1 heterocycles. The molecule has 1 aromatic heterocycles. The largest absolute Gasteiger partial charge is 0.294 e. The normalized spacial score (nSPS) is 17.8. The van der Waals surface area contributed by atoms with Crippen LogP contribution in [-0.4, -0.2) is 22.8 Å². The van der Waals surface area contributed by atoms with Crippen molar-refractivity contribution in [3.05, 3.63) is 20.8 Å². The first-order valence-electron chi connectivity index (χ1n) is 6.32. The van der Waals surface area contributed by atoms with Gasteiger partial charge in [-0.1, -0.05) is 35.2 Å². The summed E-state index contributed by atoms with van der Waals surface area (Å²) in [4.78, 5) is 4.13. The number of halogens is 2. The molecule has 0 saturated heterocycles. The molecule has 0 spiro atoms. The van der Waals surface area contributed by atoms with Crippen LogP contribution in [0.15, 0.2) is 15.9 Å². The molecular formula is C13H19Br2NS. The van der Waals surface area contributed by atoms with E-state index in [1.165, 1.54) is 48.0 Å². The summed E-state index contributed by atoms with van der Waals surface area (Å²) in [6.07, 6.45) is 7.04. The second-order valence-corrected chi connectivity index (χ2v) is 7.39. The van der Waals surface area contributed by atoms with Gasteiger partial charge in [-0.3, -0.25) is 4.90 Å². The Bertz CT molecular complexity index is 334. The molecule has 1 nitrogen and oxygen atoms in total. The van der Waals surface area contributed by atoms with Crippen molar-refractivity contribution < 1.29 is 0 Å². The Balaban J connectivity index is 1.95. The van der Waals surface area contributed by atoms with Crippen molar-refractivity contribution in [2.75, 3.05) is 11.9 Å². The van der Waals surface area contributed by atoms with Crippen LogP contribution in [0.4, 0.5) is 0 Å². The third kappa shape index (κ3) is 4.34. The van der Waals surface area contributed by atoms with E-state index in [1.54, 1.807) is 0 Å². The summed E-state index contributed by atoms with van der Waals surface area (Å²) in [5, 5.41) is 3.26. The second kappa shape index (κ2) is 7.27. The van der Waals surface area contributed by atoms with E-state index in [1.807, 2.05) is 11.3 Å². The highest BCUT2D eigenvalue weighted by Crippen LogP contribution is 2.27. The first-order chi connectivity index (χ1) is 8.29. The van der Waals surface area contributed by atoms with Gasteiger partial charge >= 0.3 is 0 Å². The van der Waals surface area contributed by atoms with Gasteiger partial charge in [-0.15, -0.1) is 11.3 Å². The highest BCUT2D eigenvalue weighted by atomic mass is 79.9. The summed E-state index contributed by atoms with van der Waals surface area (Å²) in [7, 11) is 0. The standard InChI is InChI=1S/C13H19Br2NS/c14-6-7-16(12-4-2-1-3-5-12)9-13-8-11(15)10-17-13/h8,10,12H,1-7,9H2. The molecule has 1 aromatic rings. The van der Waals surface area contributed by atoms with Gasteiger partial charge in [0.1, 0.15) is 0 Å². The zero-order chi connectivity index (χ0) is 12.1. The Morgan fingerprint density at radius 2 is 2.06 bits per heavy atom. The highest BCUT2D eigenvalue weighted by molar-refractivity contribution is 9.10. The molecule has 17 heavy (non-hydrogen) atoms. The van der Waals surface area contributed by atoms with Gasteiger partial charge < -0.3 is 0 Å². The van der Waals surface area contributed by atoms with Crippen molar-refractivity contribution in [1.29, 1.82) is 0 Å². The molecule has 1 fully saturated rings. The summed E-state index contributed by atoms with van der Waals surface area (Å²) < 4.78 is 1.22. The van der Waals surface area contributed by atoms with E-state index < -0.39 is 0 Å². The van der Waals surface area contributed by atoms with E-state index in [4.69, 9.17) is 0 Å². The molecule has 2 rings (SSSR count). The third-order valence-corrected chi connectivity index (χ3v) is 5.48. The maximum atomic E-state index is 3.59. The zero-order valence-electron chi connectivity index (χ0n) is 10.0. The minimum Gasteiger partial charge on any atom is -0.294 e. The van der Waals surface area contributed by atoms with Crippen molar-refractivity contribution in [3.63, 3.8) is 0 Å². The van der Waals surface area contributed by atoms with E-state index in [0.29, 0.717) is 0 Å². The molecule has 0 amide bonds. The number of hydrogen-bond acceptors (Lipinski definition) is 2. The molecule has 0 bridgehead atoms. The zero-order valence-corrected chi connectivity index (χ0v) is 14.0. The van der Waals surface area contributed by atoms with Crippen LogP contribution < -0.4 is 0 Å². The van der Waals surface area contributed by atoms with Crippen molar-refractivity contribution in [2.24, 2.45) is 0 Å². The van der Waals surface area contributed by atoms with Crippen LogP contribution in [0.25, 0.3) is 0 Å². The van der Waals surface area contributed by atoms with Crippen molar-refractivity contribution in [1.82, 2.24) is 4.90 Å². The SMILES string of the molecule is BrCCN(Cc1cc(Br)cs1)C1CCCCC1. The number of hydrogen-bond donors (Lipinski definition) is 0. The van der Waals surface area contributed by atoms with E-state index in [9.17, 15) is 0 Å². The molecule has 0 aromatic carbocycles. The van der Waals surface area contributed by atoms with Crippen molar-refractivity contribution >= 4 is 43.2 Å². The Morgan fingerprint density at radius 1 is 1.29 bits per heavy atom. The molecule has 0 unspecified atom stereocenters. The highest BCUT2D eigenvalue weighted by Gasteiger charge is 2.21. The molecule has 0 aliphatic heterocycles. The molecule has 0 N–H and O–H groups in total. The van der Waals surface area contributed by atoms with E-state index in [2.05, 4.69) is 48.2 Å². The van der Waals surface area contributed by atoms with Crippen LogP contribution in [0.1, 0.15) is 37.0 Å². The van der Waals surface area contributed by atoms with Gasteiger partial charge in [0, 0.05) is 39.2 Å². The fraction of sp³-hybridized carbons (Fsp3) is 0.692. The van der Waals surface area contributed by atoms with Crippen LogP contribution in [0.5, 0.6) is 0 Å². The molecule has 0 radical (unpaired) electrons. The number of nitrogens with zero attached hydrogens (tertiary/aromatic N) is 1. The topological polar surface area (TPSA) is 3.24 Å². The number of thiophene rings is 1. The molecule has 1 saturated carbocycles. The first kappa shape index (κ1) is 14.0. The number of rotatable bonds is 5. The van der Waals surface area contributed by atoms with Crippen LogP contribution in [0, 0.1) is 0 Å². The van der Waals surface area contributed by atoms with Gasteiger partial charge in [-0.25, -0.2) is 0 Å². The monoisotopic (exact) mass is 379 g/mol. The fourth-order valence-corrected chi connectivity index (χ4v) is 4.51. The van der Waals surface area contributed by atoms with E-state index >= 15 is 0 Å². The van der Waals surface area contributed by atoms with Crippen molar-refractivity contribution in [3.8, 4) is 0 Å². The smallest absolute Gasteiger partial charge is 0.0331 e. The van der Waals surface area contributed by atoms with E-state index in [0.717, 1.165) is 17.9 Å². The average Bonchev–Trinajstić information content (AvgIpc) is 2.75. The van der Waals surface area contributed by atoms with E-state index in [-0.39, 0.29) is 0 Å². The summed E-state index contributed by atoms with van der Waals surface area (Å²) >= 11 is 8.99. The predicted octanol–water partition coefficient (Wildman–Crippen LogP) is 5.04. The lowest BCUT2D eigenvalue weighted by Crippen LogP contribution is -2.37. The van der Waals surface area contributed by atoms with Gasteiger partial charge in [0.2, 0.25) is 0 Å². The summed E-state index contributed by atoms with van der Waals surface area (Å²) in [6, 6.07) is 3.07. The maximum Gasteiger partial charge on any atom is 0.0331 e. The Labute approximate surface area is 125 Å². The summed E-state index contributed by atoms with van der Waals surface area (Å²) in [5.74, 6) is 0. The van der Waals surface area contributed by atoms with Gasteiger partial charge in [-0.05, 0) is 34.8 Å². The maximum absolute atomic E-state index is 3.59. The molecule has 1 aliphatic rings. The molecule has 1 aliphatic carbocycles. The number of alkyl halides is 1. The Morgan fingerprint density at radius 3 is 2.65 bits per heavy atom. The average molecular weight is 381 g/mol. The molecule has 96 valence electrons. The lowest BCUT2D eigenvalue weighted by Gasteiger charge is -2.33. The quantitative estimate of drug-likeness (QED) is 0.646. The van der Waals surface area contributed by atoms with Crippen LogP contribution in [-0.2, 0) is 6.54 Å². The second-order valence-electron chi connectivity index (χ2n) is 4.68. The lowest BCUT2D eigenvalue weighted by molar-refractivity contribution is 0.159. The summed E-state index contributed by atoms with van der Waals surface area (Å²) in [5.41, 5.74) is 0. The third-order valence-electron chi connectivity index (χ3n) is 3.44. The predicted molar refractivity (Wildman–Crippen MR) is 83.1 cm³/mol. The first-order valence-corrected chi connectivity index (χ1v) is 9.12. The Hall–Kier alpha value is 0.620. The fourth-order valence-electron chi connectivity index (χ4n) is 2.58. The van der Waals surface area contributed by atoms with Crippen molar-refractivity contribution in [2.45, 2.75) is 44.7 Å². The molecule has 0 atom stereocenters. The minimum absolute atomic E-state index is 0.808. The van der Waals surface area contributed by atoms with Gasteiger partial charge in [-0.2, -0.15) is 0 Å². The van der Waals surface area contributed by atoms with Gasteiger partial charge in [0.25, 0.3) is 0 Å².